The van der Waals surface area contributed by atoms with Crippen LogP contribution in [-0.2, 0) is 9.53 Å². The number of morpholine rings is 1. The van der Waals surface area contributed by atoms with Crippen molar-refractivity contribution >= 4 is 12.0 Å². The molecule has 1 atom stereocenters. The van der Waals surface area contributed by atoms with E-state index in [1.165, 1.54) is 0 Å². The van der Waals surface area contributed by atoms with Crippen LogP contribution in [0.1, 0.15) is 12.8 Å². The first kappa shape index (κ1) is 16.7. The number of carboxylic acids is 1. The van der Waals surface area contributed by atoms with Gasteiger partial charge in [0.05, 0.1) is 19.1 Å². The average molecular weight is 287 g/mol. The summed E-state index contributed by atoms with van der Waals surface area (Å²) < 4.78 is 5.36. The van der Waals surface area contributed by atoms with Gasteiger partial charge in [-0.3, -0.25) is 4.79 Å². The second kappa shape index (κ2) is 8.06. The van der Waals surface area contributed by atoms with Gasteiger partial charge in [0.25, 0.3) is 0 Å². The zero-order valence-electron chi connectivity index (χ0n) is 12.5. The van der Waals surface area contributed by atoms with Crippen molar-refractivity contribution in [3.05, 3.63) is 0 Å². The number of amides is 2. The fourth-order valence-electron chi connectivity index (χ4n) is 2.17. The van der Waals surface area contributed by atoms with E-state index in [1.807, 2.05) is 14.1 Å². The second-order valence-electron chi connectivity index (χ2n) is 5.40. The molecule has 1 fully saturated rings. The molecule has 0 aliphatic carbocycles. The molecule has 7 heteroatoms. The predicted octanol–water partition coefficient (Wildman–Crippen LogP) is 0.165. The van der Waals surface area contributed by atoms with Gasteiger partial charge < -0.3 is 24.5 Å². The number of nitrogens with zero attached hydrogens (tertiary/aromatic N) is 3. The number of rotatable bonds is 6. The highest BCUT2D eigenvalue weighted by molar-refractivity contribution is 5.74. The van der Waals surface area contributed by atoms with Crippen LogP contribution in [0.5, 0.6) is 0 Å². The number of hydrogen-bond donors (Lipinski definition) is 1. The number of carboxylic acid groups (broad SMARTS) is 1. The average Bonchev–Trinajstić information content (AvgIpc) is 2.36. The SMILES string of the molecule is CN(C)CCCN(C)C(=O)N1CCOC(CC(=O)O)C1. The van der Waals surface area contributed by atoms with Crippen LogP contribution in [0.3, 0.4) is 0 Å². The highest BCUT2D eigenvalue weighted by Crippen LogP contribution is 2.10. The van der Waals surface area contributed by atoms with E-state index in [-0.39, 0.29) is 12.5 Å². The molecule has 20 heavy (non-hydrogen) atoms. The summed E-state index contributed by atoms with van der Waals surface area (Å²) in [5.74, 6) is -0.899. The lowest BCUT2D eigenvalue weighted by Crippen LogP contribution is -2.50. The molecule has 1 rings (SSSR count). The first-order valence-electron chi connectivity index (χ1n) is 6.88. The molecule has 2 amide bonds. The second-order valence-corrected chi connectivity index (χ2v) is 5.40. The quantitative estimate of drug-likeness (QED) is 0.753. The van der Waals surface area contributed by atoms with Crippen molar-refractivity contribution in [1.29, 1.82) is 0 Å². The molecule has 0 bridgehead atoms. The van der Waals surface area contributed by atoms with E-state index in [0.29, 0.717) is 26.2 Å². The lowest BCUT2D eigenvalue weighted by Gasteiger charge is -2.35. The van der Waals surface area contributed by atoms with Crippen LogP contribution in [0.2, 0.25) is 0 Å². The summed E-state index contributed by atoms with van der Waals surface area (Å²) in [4.78, 5) is 28.4. The fraction of sp³-hybridized carbons (Fsp3) is 0.846. The monoisotopic (exact) mass is 287 g/mol. The number of urea groups is 1. The molecule has 1 unspecified atom stereocenters. The fourth-order valence-corrected chi connectivity index (χ4v) is 2.17. The van der Waals surface area contributed by atoms with Crippen LogP contribution < -0.4 is 0 Å². The molecule has 0 aromatic heterocycles. The molecular formula is C13H25N3O4. The summed E-state index contributed by atoms with van der Waals surface area (Å²) in [6.07, 6.45) is 0.451. The van der Waals surface area contributed by atoms with Gasteiger partial charge in [-0.1, -0.05) is 0 Å². The Hall–Kier alpha value is -1.34. The van der Waals surface area contributed by atoms with Crippen LogP contribution in [-0.4, -0.2) is 91.8 Å². The maximum absolute atomic E-state index is 12.2. The summed E-state index contributed by atoms with van der Waals surface area (Å²) in [6, 6.07) is -0.0533. The van der Waals surface area contributed by atoms with Crippen molar-refractivity contribution < 1.29 is 19.4 Å². The zero-order chi connectivity index (χ0) is 15.1. The first-order chi connectivity index (χ1) is 9.40. The molecule has 0 saturated carbocycles. The van der Waals surface area contributed by atoms with E-state index in [1.54, 1.807) is 16.8 Å². The Labute approximate surface area is 120 Å². The summed E-state index contributed by atoms with van der Waals surface area (Å²) in [5.41, 5.74) is 0. The van der Waals surface area contributed by atoms with Gasteiger partial charge in [-0.15, -0.1) is 0 Å². The predicted molar refractivity (Wildman–Crippen MR) is 74.8 cm³/mol. The van der Waals surface area contributed by atoms with E-state index in [4.69, 9.17) is 9.84 Å². The van der Waals surface area contributed by atoms with Crippen LogP contribution in [0.25, 0.3) is 0 Å². The molecule has 0 spiro atoms. The number of ether oxygens (including phenoxy) is 1. The van der Waals surface area contributed by atoms with Gasteiger partial charge >= 0.3 is 12.0 Å². The lowest BCUT2D eigenvalue weighted by molar-refractivity contribution is -0.141. The highest BCUT2D eigenvalue weighted by Gasteiger charge is 2.27. The Bertz CT molecular complexity index is 336. The Morgan fingerprint density at radius 3 is 2.60 bits per heavy atom. The van der Waals surface area contributed by atoms with E-state index in [2.05, 4.69) is 4.90 Å². The van der Waals surface area contributed by atoms with Gasteiger partial charge in [0, 0.05) is 26.7 Å². The van der Waals surface area contributed by atoms with Gasteiger partial charge in [0.2, 0.25) is 0 Å². The Balaban J connectivity index is 2.39. The summed E-state index contributed by atoms with van der Waals surface area (Å²) in [5, 5.41) is 8.77. The lowest BCUT2D eigenvalue weighted by atomic mass is 10.2. The van der Waals surface area contributed by atoms with E-state index in [9.17, 15) is 9.59 Å². The van der Waals surface area contributed by atoms with Gasteiger partial charge in [-0.25, -0.2) is 4.79 Å². The van der Waals surface area contributed by atoms with E-state index >= 15 is 0 Å². The third-order valence-electron chi connectivity index (χ3n) is 3.24. The number of hydrogen-bond acceptors (Lipinski definition) is 4. The Kier molecular flexibility index (Phi) is 6.74. The molecule has 0 radical (unpaired) electrons. The molecule has 116 valence electrons. The van der Waals surface area contributed by atoms with Crippen molar-refractivity contribution in [2.75, 3.05) is 53.9 Å². The Morgan fingerprint density at radius 1 is 1.30 bits per heavy atom. The maximum Gasteiger partial charge on any atom is 0.319 e. The van der Waals surface area contributed by atoms with Gasteiger partial charge in [-0.2, -0.15) is 0 Å². The summed E-state index contributed by atoms with van der Waals surface area (Å²) in [6.45, 7) is 2.89. The molecular weight excluding hydrogens is 262 g/mol. The van der Waals surface area contributed by atoms with Crippen molar-refractivity contribution in [2.24, 2.45) is 0 Å². The van der Waals surface area contributed by atoms with Crippen molar-refractivity contribution in [3.63, 3.8) is 0 Å². The molecule has 0 aromatic rings. The van der Waals surface area contributed by atoms with Crippen LogP contribution in [0, 0.1) is 0 Å². The minimum absolute atomic E-state index is 0.0533. The minimum Gasteiger partial charge on any atom is -0.481 e. The van der Waals surface area contributed by atoms with E-state index in [0.717, 1.165) is 13.0 Å². The minimum atomic E-state index is -0.899. The van der Waals surface area contributed by atoms with Crippen LogP contribution >= 0.6 is 0 Å². The molecule has 1 N–H and O–H groups in total. The third-order valence-corrected chi connectivity index (χ3v) is 3.24. The van der Waals surface area contributed by atoms with Crippen LogP contribution in [0.15, 0.2) is 0 Å². The van der Waals surface area contributed by atoms with E-state index < -0.39 is 12.1 Å². The molecule has 7 nitrogen and oxygen atoms in total. The van der Waals surface area contributed by atoms with Crippen molar-refractivity contribution in [2.45, 2.75) is 18.9 Å². The Morgan fingerprint density at radius 2 is 2.00 bits per heavy atom. The van der Waals surface area contributed by atoms with Gasteiger partial charge in [0.1, 0.15) is 0 Å². The smallest absolute Gasteiger partial charge is 0.319 e. The molecule has 1 heterocycles. The zero-order valence-corrected chi connectivity index (χ0v) is 12.5. The molecule has 1 aliphatic heterocycles. The molecule has 0 aromatic carbocycles. The maximum atomic E-state index is 12.2. The van der Waals surface area contributed by atoms with Crippen molar-refractivity contribution in [3.8, 4) is 0 Å². The number of aliphatic carboxylic acids is 1. The first-order valence-corrected chi connectivity index (χ1v) is 6.88. The highest BCUT2D eigenvalue weighted by atomic mass is 16.5. The van der Waals surface area contributed by atoms with Crippen LogP contribution in [0.4, 0.5) is 4.79 Å². The largest absolute Gasteiger partial charge is 0.481 e. The topological polar surface area (TPSA) is 73.3 Å². The summed E-state index contributed by atoms with van der Waals surface area (Å²) in [7, 11) is 5.78. The number of carbonyl (C=O) groups excluding carboxylic acids is 1. The number of carbonyl (C=O) groups is 2. The molecule has 1 saturated heterocycles. The van der Waals surface area contributed by atoms with Gasteiger partial charge in [0.15, 0.2) is 0 Å². The third kappa shape index (κ3) is 5.75. The molecule has 1 aliphatic rings. The summed E-state index contributed by atoms with van der Waals surface area (Å²) >= 11 is 0. The van der Waals surface area contributed by atoms with Gasteiger partial charge in [-0.05, 0) is 27.1 Å². The van der Waals surface area contributed by atoms with Crippen molar-refractivity contribution in [1.82, 2.24) is 14.7 Å². The normalized spacial score (nSPS) is 19.2. The standard InChI is InChI=1S/C13H25N3O4/c1-14(2)5-4-6-15(3)13(19)16-7-8-20-11(10-16)9-12(17)18/h11H,4-10H2,1-3H3,(H,17,18).